The van der Waals surface area contributed by atoms with Crippen molar-refractivity contribution in [3.8, 4) is 0 Å². The number of carbonyl (C=O) groups is 2. The van der Waals surface area contributed by atoms with Gasteiger partial charge in [-0.25, -0.2) is 0 Å². The minimum Gasteiger partial charge on any atom is -0.459 e. The van der Waals surface area contributed by atoms with E-state index in [9.17, 15) is 14.4 Å². The Balaban J connectivity index is 1.46. The molecule has 5 rings (SSSR count). The van der Waals surface area contributed by atoms with Gasteiger partial charge in [0.2, 0.25) is 11.8 Å². The summed E-state index contributed by atoms with van der Waals surface area (Å²) in [6.45, 7) is 10.0. The fourth-order valence-corrected chi connectivity index (χ4v) is 5.36. The Morgan fingerprint density at radius 1 is 1.00 bits per heavy atom. The van der Waals surface area contributed by atoms with Crippen LogP contribution in [0.1, 0.15) is 37.6 Å². The van der Waals surface area contributed by atoms with Gasteiger partial charge in [0.25, 0.3) is 5.56 Å². The second-order valence-corrected chi connectivity index (χ2v) is 10.8. The predicted octanol–water partition coefficient (Wildman–Crippen LogP) is 4.36. The number of carbonyl (C=O) groups excluding carboxylic acids is 2. The van der Waals surface area contributed by atoms with E-state index in [1.54, 1.807) is 53.7 Å². The molecule has 3 aromatic heterocycles. The molecule has 9 heteroatoms. The summed E-state index contributed by atoms with van der Waals surface area (Å²) in [4.78, 5) is 49.5. The molecule has 40 heavy (non-hydrogen) atoms. The fraction of sp³-hybridized carbons (Fsp3) is 0.355. The minimum absolute atomic E-state index is 0.155. The highest BCUT2D eigenvalue weighted by Crippen LogP contribution is 2.39. The van der Waals surface area contributed by atoms with Crippen molar-refractivity contribution in [2.24, 2.45) is 5.41 Å². The van der Waals surface area contributed by atoms with E-state index in [1.165, 1.54) is 6.26 Å². The van der Waals surface area contributed by atoms with Gasteiger partial charge < -0.3 is 18.8 Å². The smallest absolute Gasteiger partial charge is 0.294 e. The van der Waals surface area contributed by atoms with Crippen molar-refractivity contribution >= 4 is 34.2 Å². The molecule has 4 aromatic rings. The summed E-state index contributed by atoms with van der Waals surface area (Å²) in [6, 6.07) is 13.6. The number of hydrogen-bond donors (Lipinski definition) is 0. The fourth-order valence-electron chi connectivity index (χ4n) is 5.36. The third kappa shape index (κ3) is 4.93. The molecule has 0 aliphatic carbocycles. The Morgan fingerprint density at radius 2 is 1.80 bits per heavy atom. The molecule has 4 heterocycles. The summed E-state index contributed by atoms with van der Waals surface area (Å²) < 4.78 is 7.08. The highest BCUT2D eigenvalue weighted by atomic mass is 16.3. The molecular weight excluding hydrogens is 506 g/mol. The van der Waals surface area contributed by atoms with Crippen LogP contribution in [0.5, 0.6) is 0 Å². The maximum atomic E-state index is 13.3. The molecule has 1 aromatic carbocycles. The molecule has 0 N–H and O–H groups in total. The molecule has 0 bridgehead atoms. The molecule has 1 aliphatic heterocycles. The van der Waals surface area contributed by atoms with Gasteiger partial charge in [-0.3, -0.25) is 24.3 Å². The minimum atomic E-state index is -1.16. The summed E-state index contributed by atoms with van der Waals surface area (Å²) in [5.74, 6) is -0.437. The number of rotatable bonds is 8. The van der Waals surface area contributed by atoms with Crippen molar-refractivity contribution in [3.63, 3.8) is 0 Å². The first-order chi connectivity index (χ1) is 19.1. The molecule has 0 saturated heterocycles. The number of benzene rings is 1. The predicted molar refractivity (Wildman–Crippen MR) is 155 cm³/mol. The van der Waals surface area contributed by atoms with Crippen LogP contribution >= 0.6 is 0 Å². The molecule has 1 aliphatic rings. The van der Waals surface area contributed by atoms with Crippen molar-refractivity contribution in [2.75, 3.05) is 29.9 Å². The van der Waals surface area contributed by atoms with E-state index >= 15 is 0 Å². The topological polar surface area (TPSA) is 91.9 Å². The maximum absolute atomic E-state index is 13.3. The Labute approximate surface area is 233 Å². The van der Waals surface area contributed by atoms with E-state index in [-0.39, 0.29) is 17.4 Å². The summed E-state index contributed by atoms with van der Waals surface area (Å²) in [6.07, 6.45) is 5.11. The second kappa shape index (κ2) is 10.7. The number of hydrogen-bond acceptors (Lipinski definition) is 6. The Bertz CT molecular complexity index is 1640. The quantitative estimate of drug-likeness (QED) is 0.308. The van der Waals surface area contributed by atoms with E-state index < -0.39 is 5.41 Å². The molecule has 0 atom stereocenters. The Hall–Kier alpha value is -4.24. The molecular formula is C31H35N5O4. The summed E-state index contributed by atoms with van der Waals surface area (Å²) in [7, 11) is 1.73. The van der Waals surface area contributed by atoms with E-state index in [2.05, 4.69) is 16.0 Å². The molecule has 0 radical (unpaired) electrons. The number of pyridine rings is 2. The largest absolute Gasteiger partial charge is 0.459 e. The van der Waals surface area contributed by atoms with E-state index in [0.717, 1.165) is 27.9 Å². The maximum Gasteiger partial charge on any atom is 0.294 e. The number of furan rings is 1. The zero-order valence-corrected chi connectivity index (χ0v) is 23.7. The van der Waals surface area contributed by atoms with Crippen molar-refractivity contribution in [3.05, 3.63) is 88.3 Å². The van der Waals surface area contributed by atoms with Gasteiger partial charge in [-0.2, -0.15) is 0 Å². The molecule has 9 nitrogen and oxygen atoms in total. The molecule has 2 amide bonds. The zero-order chi connectivity index (χ0) is 28.6. The third-order valence-electron chi connectivity index (χ3n) is 7.79. The summed E-state index contributed by atoms with van der Waals surface area (Å²) in [5, 5.41) is 0.788. The van der Waals surface area contributed by atoms with Gasteiger partial charge in [0.05, 0.1) is 17.6 Å². The molecule has 0 saturated carbocycles. The number of anilines is 2. The van der Waals surface area contributed by atoms with Gasteiger partial charge >= 0.3 is 0 Å². The van der Waals surface area contributed by atoms with E-state index in [1.807, 2.05) is 44.2 Å². The average Bonchev–Trinajstić information content (AvgIpc) is 3.42. The lowest BCUT2D eigenvalue weighted by atomic mass is 9.90. The van der Waals surface area contributed by atoms with Crippen molar-refractivity contribution < 1.29 is 14.0 Å². The first-order valence-electron chi connectivity index (χ1n) is 13.5. The Morgan fingerprint density at radius 3 is 2.55 bits per heavy atom. The van der Waals surface area contributed by atoms with Crippen molar-refractivity contribution in [2.45, 2.75) is 47.3 Å². The van der Waals surface area contributed by atoms with Crippen LogP contribution < -0.4 is 15.4 Å². The van der Waals surface area contributed by atoms with Gasteiger partial charge in [-0.1, -0.05) is 12.1 Å². The van der Waals surface area contributed by atoms with Crippen LogP contribution in [0.15, 0.2) is 70.3 Å². The number of fused-ring (bicyclic) bond motifs is 2. The van der Waals surface area contributed by atoms with Crippen LogP contribution in [0, 0.1) is 12.3 Å². The third-order valence-corrected chi connectivity index (χ3v) is 7.79. The zero-order valence-electron chi connectivity index (χ0n) is 23.7. The standard InChI is InChI=1S/C31H35N5O4/c1-6-36-25-10-9-22(18-26(25)33(5)29(38)31(3,4)30(36)39)19-34(20-24-8-7-13-32-21(24)2)15-16-35-14-11-23-12-17-40-27(23)28(35)37/h7-14,17-18H,6,15-16,19-20H2,1-5H3. The lowest BCUT2D eigenvalue weighted by Crippen LogP contribution is -2.47. The number of aryl methyl sites for hydroxylation is 1. The molecule has 0 unspecified atom stereocenters. The van der Waals surface area contributed by atoms with Crippen LogP contribution in [-0.4, -0.2) is 46.4 Å². The van der Waals surface area contributed by atoms with Crippen LogP contribution in [-0.2, 0) is 29.2 Å². The van der Waals surface area contributed by atoms with Gasteiger partial charge in [0, 0.05) is 63.2 Å². The summed E-state index contributed by atoms with van der Waals surface area (Å²) >= 11 is 0. The van der Waals surface area contributed by atoms with Crippen LogP contribution in [0.3, 0.4) is 0 Å². The normalized spacial score (nSPS) is 15.2. The average molecular weight is 542 g/mol. The van der Waals surface area contributed by atoms with E-state index in [4.69, 9.17) is 4.42 Å². The molecule has 208 valence electrons. The molecule has 0 fully saturated rings. The van der Waals surface area contributed by atoms with Gasteiger partial charge in [-0.05, 0) is 69.2 Å². The number of aromatic nitrogens is 2. The highest BCUT2D eigenvalue weighted by molar-refractivity contribution is 6.19. The first kappa shape index (κ1) is 27.3. The van der Waals surface area contributed by atoms with Gasteiger partial charge in [0.1, 0.15) is 5.41 Å². The first-order valence-corrected chi connectivity index (χ1v) is 13.5. The molecule has 0 spiro atoms. The Kier molecular flexibility index (Phi) is 7.33. The lowest BCUT2D eigenvalue weighted by Gasteiger charge is -2.27. The number of nitrogens with zero attached hydrogens (tertiary/aromatic N) is 5. The highest BCUT2D eigenvalue weighted by Gasteiger charge is 2.45. The SMILES string of the molecule is CCN1C(=O)C(C)(C)C(=O)N(C)c2cc(CN(CCn3ccc4ccoc4c3=O)Cc3cccnc3C)ccc21. The lowest BCUT2D eigenvalue weighted by molar-refractivity contribution is -0.137. The van der Waals surface area contributed by atoms with Crippen LogP contribution in [0.4, 0.5) is 11.4 Å². The van der Waals surface area contributed by atoms with Gasteiger partial charge in [0.15, 0.2) is 5.58 Å². The van der Waals surface area contributed by atoms with Crippen molar-refractivity contribution in [1.82, 2.24) is 14.5 Å². The summed E-state index contributed by atoms with van der Waals surface area (Å²) in [5.41, 5.74) is 3.53. The van der Waals surface area contributed by atoms with Crippen LogP contribution in [0.25, 0.3) is 11.0 Å². The monoisotopic (exact) mass is 541 g/mol. The van der Waals surface area contributed by atoms with E-state index in [0.29, 0.717) is 44.0 Å². The van der Waals surface area contributed by atoms with Gasteiger partial charge in [-0.15, -0.1) is 0 Å². The number of amides is 2. The van der Waals surface area contributed by atoms with Crippen LogP contribution in [0.2, 0.25) is 0 Å². The second-order valence-electron chi connectivity index (χ2n) is 10.8. The van der Waals surface area contributed by atoms with Crippen molar-refractivity contribution in [1.29, 1.82) is 0 Å².